The molecule has 0 bridgehead atoms. The second kappa shape index (κ2) is 5.48. The molecule has 2 rings (SSSR count). The van der Waals surface area contributed by atoms with Crippen molar-refractivity contribution in [3.63, 3.8) is 0 Å². The molecule has 5 nitrogen and oxygen atoms in total. The van der Waals surface area contributed by atoms with Gasteiger partial charge in [0.1, 0.15) is 5.75 Å². The summed E-state index contributed by atoms with van der Waals surface area (Å²) in [6.45, 7) is 0.731. The summed E-state index contributed by atoms with van der Waals surface area (Å²) in [5.41, 5.74) is 7.23. The van der Waals surface area contributed by atoms with Gasteiger partial charge in [-0.15, -0.1) is 0 Å². The highest BCUT2D eigenvalue weighted by Crippen LogP contribution is 2.29. The maximum Gasteiger partial charge on any atom is 0.228 e. The quantitative estimate of drug-likeness (QED) is 0.836. The lowest BCUT2D eigenvalue weighted by Gasteiger charge is -2.35. The molecular weight excluding hydrogens is 242 g/mol. The largest absolute Gasteiger partial charge is 0.495 e. The molecule has 0 saturated carbocycles. The fourth-order valence-electron chi connectivity index (χ4n) is 2.40. The number of nitrogens with zero attached hydrogens (tertiary/aromatic N) is 2. The smallest absolute Gasteiger partial charge is 0.228 e. The normalized spacial score (nSPS) is 19.9. The molecule has 2 N–H and O–H groups in total. The minimum absolute atomic E-state index is 0.150. The number of hydrogen-bond donors (Lipinski definition) is 1. The summed E-state index contributed by atoms with van der Waals surface area (Å²) in [5, 5.41) is 0. The summed E-state index contributed by atoms with van der Waals surface area (Å²) >= 11 is 0. The summed E-state index contributed by atoms with van der Waals surface area (Å²) in [7, 11) is 5.61. The van der Waals surface area contributed by atoms with Crippen molar-refractivity contribution in [1.29, 1.82) is 0 Å². The first kappa shape index (κ1) is 13.7. The first-order valence-corrected chi connectivity index (χ1v) is 6.43. The van der Waals surface area contributed by atoms with Crippen molar-refractivity contribution in [2.75, 3.05) is 38.4 Å². The molecule has 5 heteroatoms. The predicted molar refractivity (Wildman–Crippen MR) is 76.5 cm³/mol. The van der Waals surface area contributed by atoms with Crippen LogP contribution in [-0.2, 0) is 4.79 Å². The Hall–Kier alpha value is -1.75. The molecule has 1 aromatic carbocycles. The zero-order chi connectivity index (χ0) is 14.0. The molecule has 19 heavy (non-hydrogen) atoms. The van der Waals surface area contributed by atoms with Crippen molar-refractivity contribution in [2.45, 2.75) is 18.9 Å². The number of hydrogen-bond acceptors (Lipinski definition) is 4. The zero-order valence-electron chi connectivity index (χ0n) is 11.7. The van der Waals surface area contributed by atoms with Crippen LogP contribution in [0.1, 0.15) is 12.8 Å². The highest BCUT2D eigenvalue weighted by molar-refractivity contribution is 5.95. The maximum atomic E-state index is 12.2. The van der Waals surface area contributed by atoms with E-state index in [4.69, 9.17) is 10.5 Å². The zero-order valence-corrected chi connectivity index (χ0v) is 11.7. The van der Waals surface area contributed by atoms with Crippen molar-refractivity contribution in [1.82, 2.24) is 4.90 Å². The van der Waals surface area contributed by atoms with Crippen molar-refractivity contribution in [3.8, 4) is 5.75 Å². The third-order valence-corrected chi connectivity index (χ3v) is 3.66. The number of piperidine rings is 1. The number of nitrogen functional groups attached to an aromatic ring is 1. The number of amides is 1. The second-order valence-corrected chi connectivity index (χ2v) is 5.08. The van der Waals surface area contributed by atoms with Crippen LogP contribution in [0, 0.1) is 0 Å². The number of ether oxygens (including phenoxy) is 1. The van der Waals surface area contributed by atoms with Gasteiger partial charge in [0, 0.05) is 30.8 Å². The maximum absolute atomic E-state index is 12.2. The minimum Gasteiger partial charge on any atom is -0.495 e. The topological polar surface area (TPSA) is 58.8 Å². The molecule has 1 aliphatic rings. The SMILES string of the molecule is COc1cc(N2CCC(N(C)C)CC2=O)ccc1N. The van der Waals surface area contributed by atoms with E-state index < -0.39 is 0 Å². The van der Waals surface area contributed by atoms with Crippen molar-refractivity contribution in [3.05, 3.63) is 18.2 Å². The molecule has 0 aromatic heterocycles. The van der Waals surface area contributed by atoms with Crippen molar-refractivity contribution in [2.24, 2.45) is 0 Å². The third kappa shape index (κ3) is 2.81. The van der Waals surface area contributed by atoms with Gasteiger partial charge in [0.05, 0.1) is 12.8 Å². The van der Waals surface area contributed by atoms with Crippen molar-refractivity contribution >= 4 is 17.3 Å². The molecule has 0 radical (unpaired) electrons. The first-order valence-electron chi connectivity index (χ1n) is 6.43. The molecule has 1 amide bonds. The van der Waals surface area contributed by atoms with Gasteiger partial charge >= 0.3 is 0 Å². The molecule has 0 spiro atoms. The summed E-state index contributed by atoms with van der Waals surface area (Å²) in [5.74, 6) is 0.761. The fraction of sp³-hybridized carbons (Fsp3) is 0.500. The van der Waals surface area contributed by atoms with Gasteiger partial charge in [-0.2, -0.15) is 0 Å². The predicted octanol–water partition coefficient (Wildman–Crippen LogP) is 1.33. The lowest BCUT2D eigenvalue weighted by atomic mass is 10.0. The van der Waals surface area contributed by atoms with E-state index in [0.29, 0.717) is 23.9 Å². The number of nitrogens with two attached hydrogens (primary N) is 1. The number of rotatable bonds is 3. The molecule has 104 valence electrons. The van der Waals surface area contributed by atoms with E-state index in [2.05, 4.69) is 4.90 Å². The molecular formula is C14H21N3O2. The van der Waals surface area contributed by atoms with Crippen LogP contribution in [0.15, 0.2) is 18.2 Å². The van der Waals surface area contributed by atoms with Gasteiger partial charge in [0.2, 0.25) is 5.91 Å². The summed E-state index contributed by atoms with van der Waals surface area (Å²) < 4.78 is 5.20. The summed E-state index contributed by atoms with van der Waals surface area (Å²) in [4.78, 5) is 16.1. The number of benzene rings is 1. The van der Waals surface area contributed by atoms with E-state index in [1.165, 1.54) is 0 Å². The molecule has 1 saturated heterocycles. The van der Waals surface area contributed by atoms with Crippen LogP contribution in [0.2, 0.25) is 0 Å². The molecule has 1 unspecified atom stereocenters. The number of anilines is 2. The van der Waals surface area contributed by atoms with Gasteiger partial charge in [0.25, 0.3) is 0 Å². The van der Waals surface area contributed by atoms with Crippen LogP contribution in [0.5, 0.6) is 5.75 Å². The number of carbonyl (C=O) groups excluding carboxylic acids is 1. The van der Waals surface area contributed by atoms with Gasteiger partial charge in [-0.05, 0) is 32.6 Å². The molecule has 1 atom stereocenters. The Labute approximate surface area is 113 Å². The van der Waals surface area contributed by atoms with Crippen LogP contribution in [0.4, 0.5) is 11.4 Å². The monoisotopic (exact) mass is 263 g/mol. The van der Waals surface area contributed by atoms with Gasteiger partial charge < -0.3 is 20.3 Å². The minimum atomic E-state index is 0.150. The third-order valence-electron chi connectivity index (χ3n) is 3.66. The van der Waals surface area contributed by atoms with Crippen LogP contribution in [0.25, 0.3) is 0 Å². The average molecular weight is 263 g/mol. The van der Waals surface area contributed by atoms with E-state index in [-0.39, 0.29) is 5.91 Å². The van der Waals surface area contributed by atoms with E-state index >= 15 is 0 Å². The van der Waals surface area contributed by atoms with Crippen LogP contribution in [-0.4, -0.2) is 44.6 Å². The van der Waals surface area contributed by atoms with Crippen LogP contribution < -0.4 is 15.4 Å². The Morgan fingerprint density at radius 1 is 1.42 bits per heavy atom. The van der Waals surface area contributed by atoms with Crippen LogP contribution >= 0.6 is 0 Å². The van der Waals surface area contributed by atoms with Gasteiger partial charge in [-0.3, -0.25) is 4.79 Å². The molecule has 1 heterocycles. The lowest BCUT2D eigenvalue weighted by Crippen LogP contribution is -2.45. The Morgan fingerprint density at radius 3 is 2.74 bits per heavy atom. The molecule has 1 aliphatic heterocycles. The van der Waals surface area contributed by atoms with Crippen LogP contribution in [0.3, 0.4) is 0 Å². The van der Waals surface area contributed by atoms with Gasteiger partial charge in [0.15, 0.2) is 0 Å². The first-order chi connectivity index (χ1) is 9.02. The van der Waals surface area contributed by atoms with E-state index in [9.17, 15) is 4.79 Å². The second-order valence-electron chi connectivity index (χ2n) is 5.08. The number of methoxy groups -OCH3 is 1. The van der Waals surface area contributed by atoms with E-state index in [1.807, 2.05) is 31.1 Å². The number of carbonyl (C=O) groups is 1. The van der Waals surface area contributed by atoms with Crippen molar-refractivity contribution < 1.29 is 9.53 Å². The highest BCUT2D eigenvalue weighted by atomic mass is 16.5. The molecule has 1 fully saturated rings. The Kier molecular flexibility index (Phi) is 3.95. The van der Waals surface area contributed by atoms with E-state index in [1.54, 1.807) is 13.2 Å². The average Bonchev–Trinajstić information content (AvgIpc) is 2.39. The Bertz CT molecular complexity index is 474. The Morgan fingerprint density at radius 2 is 2.16 bits per heavy atom. The lowest BCUT2D eigenvalue weighted by molar-refractivity contribution is -0.120. The molecule has 0 aliphatic carbocycles. The van der Waals surface area contributed by atoms with Gasteiger partial charge in [-0.25, -0.2) is 0 Å². The Balaban J connectivity index is 2.17. The summed E-state index contributed by atoms with van der Waals surface area (Å²) in [6.07, 6.45) is 1.53. The van der Waals surface area contributed by atoms with E-state index in [0.717, 1.165) is 18.7 Å². The fourth-order valence-corrected chi connectivity index (χ4v) is 2.40. The summed E-state index contributed by atoms with van der Waals surface area (Å²) in [6, 6.07) is 5.80. The van der Waals surface area contributed by atoms with Gasteiger partial charge in [-0.1, -0.05) is 0 Å². The molecule has 1 aromatic rings. The standard InChI is InChI=1S/C14H21N3O2/c1-16(2)10-6-7-17(14(18)9-10)11-4-5-12(15)13(8-11)19-3/h4-5,8,10H,6-7,9,15H2,1-3H3. The highest BCUT2D eigenvalue weighted by Gasteiger charge is 2.28.